The van der Waals surface area contributed by atoms with Gasteiger partial charge in [0, 0.05) is 35.2 Å². The molecule has 0 radical (unpaired) electrons. The van der Waals surface area contributed by atoms with Gasteiger partial charge in [-0.2, -0.15) is 12.6 Å². The summed E-state index contributed by atoms with van der Waals surface area (Å²) >= 11 is 5.47. The number of carbonyl (C=O) groups is 3. The van der Waals surface area contributed by atoms with Gasteiger partial charge in [0.25, 0.3) is 5.91 Å². The molecule has 2 aromatic carbocycles. The van der Waals surface area contributed by atoms with E-state index in [0.29, 0.717) is 30.4 Å². The van der Waals surface area contributed by atoms with Crippen molar-refractivity contribution in [2.24, 2.45) is 11.3 Å². The third-order valence-corrected chi connectivity index (χ3v) is 8.29. The lowest BCUT2D eigenvalue weighted by atomic mass is 9.76. The minimum atomic E-state index is -0.623. The Kier molecular flexibility index (Phi) is 17.0. The Balaban J connectivity index is 0.000000626. The van der Waals surface area contributed by atoms with Crippen molar-refractivity contribution in [3.63, 3.8) is 0 Å². The molecule has 0 heterocycles. The average molecular weight is 673 g/mol. The molecule has 3 N–H and O–H groups in total. The standard InChI is InChI=1S/C25H43N3O3S.C11H13NOS/c1-17(2)16-28(9)23(30)21(24(3,4)5)27-22(29)20(26-8)25(6,7)18-10-12-19(13-11-18)31-14-15-32;1-8(2)11(13)12-14-10-6-4-9(3)5-7-10/h10-13,17,20-21,26,32H,14-16H2,1-9H3,(H,27,29);4-7H,1H2,2-3H3,(H,12,13). The lowest BCUT2D eigenvalue weighted by Crippen LogP contribution is -2.61. The van der Waals surface area contributed by atoms with Crippen LogP contribution in [0.3, 0.4) is 0 Å². The Morgan fingerprint density at radius 2 is 1.54 bits per heavy atom. The van der Waals surface area contributed by atoms with Crippen LogP contribution in [0.5, 0.6) is 5.75 Å². The van der Waals surface area contributed by atoms with Crippen LogP contribution < -0.4 is 20.1 Å². The SMILES string of the molecule is C=C(C)C(=O)NSc1ccc(C)cc1.CNC(C(=O)NC(C(=O)N(C)CC(C)C)C(C)(C)C)C(C)(C)c1ccc(OCCS)cc1. The highest BCUT2D eigenvalue weighted by molar-refractivity contribution is 7.98. The van der Waals surface area contributed by atoms with Crippen LogP contribution in [-0.4, -0.2) is 67.7 Å². The number of hydrogen-bond acceptors (Lipinski definition) is 7. The normalized spacial score (nSPS) is 12.7. The van der Waals surface area contributed by atoms with Crippen LogP contribution in [0.1, 0.15) is 66.5 Å². The van der Waals surface area contributed by atoms with Gasteiger partial charge in [-0.25, -0.2) is 0 Å². The molecule has 2 atom stereocenters. The number of hydrogen-bond donors (Lipinski definition) is 4. The van der Waals surface area contributed by atoms with Gasteiger partial charge in [0.05, 0.1) is 12.6 Å². The Hall–Kier alpha value is -2.95. The van der Waals surface area contributed by atoms with E-state index in [9.17, 15) is 14.4 Å². The first-order valence-electron chi connectivity index (χ1n) is 15.6. The van der Waals surface area contributed by atoms with Gasteiger partial charge in [-0.3, -0.25) is 19.1 Å². The van der Waals surface area contributed by atoms with Crippen molar-refractivity contribution in [1.82, 2.24) is 20.3 Å². The minimum absolute atomic E-state index is 0.0714. The zero-order chi connectivity index (χ0) is 35.2. The van der Waals surface area contributed by atoms with E-state index in [1.54, 1.807) is 25.9 Å². The Morgan fingerprint density at radius 1 is 0.978 bits per heavy atom. The maximum atomic E-state index is 13.4. The largest absolute Gasteiger partial charge is 0.493 e. The number of amides is 3. The van der Waals surface area contributed by atoms with Crippen LogP contribution in [0.2, 0.25) is 0 Å². The number of nitrogens with one attached hydrogen (secondary N) is 3. The molecule has 0 aliphatic rings. The highest BCUT2D eigenvalue weighted by Crippen LogP contribution is 2.30. The van der Waals surface area contributed by atoms with Crippen LogP contribution in [0.15, 0.2) is 65.6 Å². The van der Waals surface area contributed by atoms with Crippen molar-refractivity contribution in [2.75, 3.05) is 33.0 Å². The van der Waals surface area contributed by atoms with Crippen LogP contribution in [0.25, 0.3) is 0 Å². The van der Waals surface area contributed by atoms with Gasteiger partial charge in [0.2, 0.25) is 11.8 Å². The molecule has 2 unspecified atom stereocenters. The lowest BCUT2D eigenvalue weighted by Gasteiger charge is -2.38. The molecule has 0 fully saturated rings. The van der Waals surface area contributed by atoms with Crippen molar-refractivity contribution in [3.8, 4) is 5.75 Å². The van der Waals surface area contributed by atoms with Crippen LogP contribution in [-0.2, 0) is 19.8 Å². The molecule has 46 heavy (non-hydrogen) atoms. The molecule has 2 rings (SSSR count). The van der Waals surface area contributed by atoms with Crippen LogP contribution >= 0.6 is 24.6 Å². The van der Waals surface area contributed by atoms with Gasteiger partial charge < -0.3 is 20.3 Å². The maximum absolute atomic E-state index is 13.4. The molecule has 0 spiro atoms. The summed E-state index contributed by atoms with van der Waals surface area (Å²) < 4.78 is 8.31. The minimum Gasteiger partial charge on any atom is -0.493 e. The highest BCUT2D eigenvalue weighted by Gasteiger charge is 2.40. The number of rotatable bonds is 14. The van der Waals surface area contributed by atoms with Gasteiger partial charge in [0.1, 0.15) is 11.8 Å². The molecule has 2 aromatic rings. The van der Waals surface area contributed by atoms with Crippen molar-refractivity contribution < 1.29 is 19.1 Å². The first-order valence-corrected chi connectivity index (χ1v) is 17.1. The van der Waals surface area contributed by atoms with Crippen molar-refractivity contribution >= 4 is 42.3 Å². The van der Waals surface area contributed by atoms with E-state index >= 15 is 0 Å². The number of likely N-dealkylation sites (N-methyl/N-ethyl adjacent to an activating group) is 2. The number of carbonyl (C=O) groups excluding carboxylic acids is 3. The smallest absolute Gasteiger partial charge is 0.256 e. The van der Waals surface area contributed by atoms with Gasteiger partial charge in [-0.05, 0) is 74.0 Å². The predicted molar refractivity (Wildman–Crippen MR) is 196 cm³/mol. The first kappa shape index (κ1) is 41.1. The van der Waals surface area contributed by atoms with E-state index < -0.39 is 22.9 Å². The molecule has 10 heteroatoms. The van der Waals surface area contributed by atoms with E-state index in [1.807, 2.05) is 90.1 Å². The van der Waals surface area contributed by atoms with Gasteiger partial charge in [-0.1, -0.05) is 84.9 Å². The predicted octanol–water partition coefficient (Wildman–Crippen LogP) is 6.20. The number of ether oxygens (including phenoxy) is 1. The second kappa shape index (κ2) is 19.0. The molecule has 0 aromatic heterocycles. The maximum Gasteiger partial charge on any atom is 0.256 e. The molecule has 0 aliphatic carbocycles. The summed E-state index contributed by atoms with van der Waals surface area (Å²) in [6, 6.07) is 14.6. The topological polar surface area (TPSA) is 99.8 Å². The van der Waals surface area contributed by atoms with Crippen molar-refractivity contribution in [3.05, 3.63) is 71.8 Å². The molecule has 256 valence electrons. The Bertz CT molecular complexity index is 1270. The third-order valence-electron chi connectivity index (χ3n) is 7.32. The average Bonchev–Trinajstić information content (AvgIpc) is 2.97. The fourth-order valence-electron chi connectivity index (χ4n) is 4.66. The van der Waals surface area contributed by atoms with Crippen molar-refractivity contribution in [2.45, 2.75) is 84.7 Å². The third kappa shape index (κ3) is 13.4. The molecule has 8 nitrogen and oxygen atoms in total. The summed E-state index contributed by atoms with van der Waals surface area (Å²) in [4.78, 5) is 40.5. The zero-order valence-electron chi connectivity index (χ0n) is 29.6. The van der Waals surface area contributed by atoms with E-state index in [4.69, 9.17) is 4.74 Å². The van der Waals surface area contributed by atoms with Gasteiger partial charge in [-0.15, -0.1) is 0 Å². The van der Waals surface area contributed by atoms with Crippen LogP contribution in [0, 0.1) is 18.3 Å². The summed E-state index contributed by atoms with van der Waals surface area (Å²) in [6.07, 6.45) is 0. The monoisotopic (exact) mass is 672 g/mol. The molecule has 0 bridgehead atoms. The van der Waals surface area contributed by atoms with Crippen molar-refractivity contribution in [1.29, 1.82) is 0 Å². The van der Waals surface area contributed by atoms with Crippen LogP contribution in [0.4, 0.5) is 0 Å². The van der Waals surface area contributed by atoms with Gasteiger partial charge >= 0.3 is 0 Å². The lowest BCUT2D eigenvalue weighted by molar-refractivity contribution is -0.139. The molecular weight excluding hydrogens is 617 g/mol. The van der Waals surface area contributed by atoms with Gasteiger partial charge in [0.15, 0.2) is 0 Å². The van der Waals surface area contributed by atoms with E-state index in [-0.39, 0.29) is 17.7 Å². The summed E-state index contributed by atoms with van der Waals surface area (Å²) in [5.74, 6) is 1.38. The number of thiol groups is 1. The molecule has 0 aliphatic heterocycles. The second-order valence-electron chi connectivity index (χ2n) is 13.6. The summed E-state index contributed by atoms with van der Waals surface area (Å²) in [7, 11) is 3.57. The number of nitrogens with zero attached hydrogens (tertiary/aromatic N) is 1. The quantitative estimate of drug-likeness (QED) is 0.108. The fraction of sp³-hybridized carbons (Fsp3) is 0.528. The first-order chi connectivity index (χ1) is 21.3. The Morgan fingerprint density at radius 3 is 2.00 bits per heavy atom. The summed E-state index contributed by atoms with van der Waals surface area (Å²) in [6.45, 7) is 22.6. The molecular formula is C36H56N4O4S2. The van der Waals surface area contributed by atoms with E-state index in [0.717, 1.165) is 16.2 Å². The number of benzene rings is 2. The molecule has 0 saturated carbocycles. The fourth-order valence-corrected chi connectivity index (χ4v) is 5.41. The van der Waals surface area contributed by atoms with E-state index in [1.165, 1.54) is 17.5 Å². The summed E-state index contributed by atoms with van der Waals surface area (Å²) in [5.41, 5.74) is 1.79. The molecule has 3 amide bonds. The second-order valence-corrected chi connectivity index (χ2v) is 14.9. The Labute approximate surface area is 287 Å². The van der Waals surface area contributed by atoms with E-state index in [2.05, 4.69) is 48.4 Å². The summed E-state index contributed by atoms with van der Waals surface area (Å²) in [5, 5.41) is 6.22. The zero-order valence-corrected chi connectivity index (χ0v) is 31.3. The highest BCUT2D eigenvalue weighted by atomic mass is 32.2. The molecule has 0 saturated heterocycles. The number of aryl methyl sites for hydroxylation is 1.